The van der Waals surface area contributed by atoms with Gasteiger partial charge in [0, 0.05) is 6.54 Å². The second kappa shape index (κ2) is 2.56. The molecule has 1 rings (SSSR count). The van der Waals surface area contributed by atoms with Crippen LogP contribution in [0.25, 0.3) is 0 Å². The van der Waals surface area contributed by atoms with E-state index in [1.807, 2.05) is 6.92 Å². The maximum atomic E-state index is 3.81. The van der Waals surface area contributed by atoms with Gasteiger partial charge in [-0.1, -0.05) is 9.59 Å². The Morgan fingerprint density at radius 1 is 1.75 bits per heavy atom. The number of hydrogen-bond donors (Lipinski definition) is 1. The average Bonchev–Trinajstić information content (AvgIpc) is 2.19. The first-order valence-corrected chi connectivity index (χ1v) is 3.05. The van der Waals surface area contributed by atoms with E-state index in [0.717, 1.165) is 18.3 Å². The second-order valence-electron chi connectivity index (χ2n) is 1.21. The molecule has 0 saturated carbocycles. The lowest BCUT2D eigenvalue weighted by Crippen LogP contribution is -1.97. The summed E-state index contributed by atoms with van der Waals surface area (Å²) in [4.78, 5) is 0. The molecular weight excluding hydrogens is 124 g/mol. The van der Waals surface area contributed by atoms with Crippen molar-refractivity contribution < 1.29 is 0 Å². The topological polar surface area (TPSA) is 50.7 Å². The van der Waals surface area contributed by atoms with Crippen molar-refractivity contribution in [2.45, 2.75) is 6.92 Å². The van der Waals surface area contributed by atoms with Crippen molar-refractivity contribution in [3.8, 4) is 0 Å². The van der Waals surface area contributed by atoms with Crippen LogP contribution in [-0.4, -0.2) is 20.5 Å². The van der Waals surface area contributed by atoms with Gasteiger partial charge in [-0.3, -0.25) is 0 Å². The van der Waals surface area contributed by atoms with Gasteiger partial charge in [0.2, 0.25) is 0 Å². The summed E-state index contributed by atoms with van der Waals surface area (Å²) in [5.41, 5.74) is 0. The van der Waals surface area contributed by atoms with Crippen LogP contribution >= 0.6 is 11.7 Å². The molecule has 5 heteroatoms. The number of hydrogen-bond acceptors (Lipinski definition) is 5. The number of nitrogens with one attached hydrogen (secondary N) is 1. The molecule has 0 radical (unpaired) electrons. The van der Waals surface area contributed by atoms with Gasteiger partial charge in [0.15, 0.2) is 0 Å². The first-order chi connectivity index (χ1) is 3.93. The molecule has 44 valence electrons. The molecule has 0 saturated heterocycles. The van der Waals surface area contributed by atoms with Crippen LogP contribution in [0.3, 0.4) is 0 Å². The van der Waals surface area contributed by atoms with Gasteiger partial charge in [0.05, 0.1) is 11.7 Å². The monoisotopic (exact) mass is 130 g/mol. The van der Waals surface area contributed by atoms with Crippen molar-refractivity contribution in [2.75, 3.05) is 11.9 Å². The smallest absolute Gasteiger partial charge is 0.255 e. The Hall–Kier alpha value is -0.710. The first-order valence-electron chi connectivity index (χ1n) is 2.32. The Kier molecular flexibility index (Phi) is 1.74. The normalized spacial score (nSPS) is 9.12. The predicted molar refractivity (Wildman–Crippen MR) is 31.9 cm³/mol. The van der Waals surface area contributed by atoms with Gasteiger partial charge in [0.25, 0.3) is 5.95 Å². The molecule has 1 heterocycles. The molecule has 1 aromatic rings. The van der Waals surface area contributed by atoms with Crippen molar-refractivity contribution >= 4 is 17.7 Å². The molecule has 0 fully saturated rings. The summed E-state index contributed by atoms with van der Waals surface area (Å²) in [6, 6.07) is 0. The number of rotatable bonds is 2. The quantitative estimate of drug-likeness (QED) is 0.628. The zero-order chi connectivity index (χ0) is 5.82. The van der Waals surface area contributed by atoms with Gasteiger partial charge in [-0.25, -0.2) is 0 Å². The SMILES string of the molecule is CCNc1nnsn1. The van der Waals surface area contributed by atoms with E-state index in [4.69, 9.17) is 0 Å². The fourth-order valence-corrected chi connectivity index (χ4v) is 0.687. The highest BCUT2D eigenvalue weighted by Gasteiger charge is 1.89. The molecule has 0 aliphatic heterocycles. The Morgan fingerprint density at radius 2 is 2.62 bits per heavy atom. The summed E-state index contributed by atoms with van der Waals surface area (Å²) in [5.74, 6) is 0.623. The third-order valence-corrected chi connectivity index (χ3v) is 1.04. The van der Waals surface area contributed by atoms with Crippen LogP contribution in [0.15, 0.2) is 0 Å². The summed E-state index contributed by atoms with van der Waals surface area (Å²) in [6.07, 6.45) is 0. The zero-order valence-corrected chi connectivity index (χ0v) is 5.27. The number of aromatic nitrogens is 3. The van der Waals surface area contributed by atoms with E-state index >= 15 is 0 Å². The van der Waals surface area contributed by atoms with Crippen molar-refractivity contribution in [2.24, 2.45) is 0 Å². The van der Waals surface area contributed by atoms with Gasteiger partial charge < -0.3 is 5.32 Å². The minimum absolute atomic E-state index is 0.623. The summed E-state index contributed by atoms with van der Waals surface area (Å²) < 4.78 is 7.37. The molecule has 0 aromatic carbocycles. The van der Waals surface area contributed by atoms with Gasteiger partial charge in [-0.15, -0.1) is 4.37 Å². The molecule has 1 aromatic heterocycles. The van der Waals surface area contributed by atoms with Crippen LogP contribution in [0.5, 0.6) is 0 Å². The van der Waals surface area contributed by atoms with Crippen LogP contribution in [0.4, 0.5) is 5.95 Å². The maximum Gasteiger partial charge on any atom is 0.255 e. The number of anilines is 1. The highest BCUT2D eigenvalue weighted by atomic mass is 32.1. The Bertz CT molecular complexity index is 137. The molecule has 4 nitrogen and oxygen atoms in total. The van der Waals surface area contributed by atoms with E-state index in [9.17, 15) is 0 Å². The molecule has 0 unspecified atom stereocenters. The fraction of sp³-hybridized carbons (Fsp3) is 0.667. The van der Waals surface area contributed by atoms with Gasteiger partial charge >= 0.3 is 0 Å². The third kappa shape index (κ3) is 1.13. The molecule has 0 amide bonds. The van der Waals surface area contributed by atoms with Crippen molar-refractivity contribution in [1.82, 2.24) is 14.0 Å². The lowest BCUT2D eigenvalue weighted by Gasteiger charge is -1.88. The lowest BCUT2D eigenvalue weighted by atomic mass is 10.7. The van der Waals surface area contributed by atoms with Crippen molar-refractivity contribution in [1.29, 1.82) is 0 Å². The van der Waals surface area contributed by atoms with Crippen LogP contribution in [0, 0.1) is 0 Å². The molecular formula is C3H6N4S. The van der Waals surface area contributed by atoms with E-state index in [1.165, 1.54) is 0 Å². The van der Waals surface area contributed by atoms with Crippen molar-refractivity contribution in [3.05, 3.63) is 0 Å². The lowest BCUT2D eigenvalue weighted by molar-refractivity contribution is 1.08. The Morgan fingerprint density at radius 3 is 3.12 bits per heavy atom. The van der Waals surface area contributed by atoms with Crippen LogP contribution < -0.4 is 5.32 Å². The van der Waals surface area contributed by atoms with Crippen LogP contribution in [-0.2, 0) is 0 Å². The standard InChI is InChI=1S/C3H6N4S/c1-2-4-3-5-7-8-6-3/h2H2,1H3,(H,4,6). The molecule has 8 heavy (non-hydrogen) atoms. The first kappa shape index (κ1) is 5.43. The van der Waals surface area contributed by atoms with Gasteiger partial charge in [-0.05, 0) is 6.92 Å². The highest BCUT2D eigenvalue weighted by Crippen LogP contribution is 1.93. The largest absolute Gasteiger partial charge is 0.352 e. The molecule has 0 aliphatic carbocycles. The second-order valence-corrected chi connectivity index (χ2v) is 1.72. The van der Waals surface area contributed by atoms with E-state index < -0.39 is 0 Å². The van der Waals surface area contributed by atoms with E-state index in [2.05, 4.69) is 19.3 Å². The number of nitrogens with zero attached hydrogens (tertiary/aromatic N) is 3. The summed E-state index contributed by atoms with van der Waals surface area (Å²) in [5, 5.41) is 6.57. The summed E-state index contributed by atoms with van der Waals surface area (Å²) in [7, 11) is 0. The summed E-state index contributed by atoms with van der Waals surface area (Å²) >= 11 is 1.11. The van der Waals surface area contributed by atoms with Crippen LogP contribution in [0.2, 0.25) is 0 Å². The fourth-order valence-electron chi connectivity index (χ4n) is 0.358. The summed E-state index contributed by atoms with van der Waals surface area (Å²) in [6.45, 7) is 2.83. The minimum atomic E-state index is 0.623. The van der Waals surface area contributed by atoms with Crippen molar-refractivity contribution in [3.63, 3.8) is 0 Å². The molecule has 1 N–H and O–H groups in total. The highest BCUT2D eigenvalue weighted by molar-refractivity contribution is 6.99. The van der Waals surface area contributed by atoms with E-state index in [-0.39, 0.29) is 0 Å². The Labute approximate surface area is 51.3 Å². The van der Waals surface area contributed by atoms with Gasteiger partial charge in [0.1, 0.15) is 0 Å². The van der Waals surface area contributed by atoms with Gasteiger partial charge in [-0.2, -0.15) is 0 Å². The molecule has 0 spiro atoms. The average molecular weight is 130 g/mol. The zero-order valence-electron chi connectivity index (χ0n) is 4.46. The predicted octanol–water partition coefficient (Wildman–Crippen LogP) is 0.365. The Balaban J connectivity index is 2.50. The van der Waals surface area contributed by atoms with E-state index in [0.29, 0.717) is 5.95 Å². The maximum absolute atomic E-state index is 3.81. The molecule has 0 bridgehead atoms. The third-order valence-electron chi connectivity index (χ3n) is 0.634. The van der Waals surface area contributed by atoms with E-state index in [1.54, 1.807) is 0 Å². The molecule has 0 aliphatic rings. The van der Waals surface area contributed by atoms with Crippen LogP contribution in [0.1, 0.15) is 6.92 Å². The minimum Gasteiger partial charge on any atom is -0.352 e. The molecule has 0 atom stereocenters.